The van der Waals surface area contributed by atoms with Crippen molar-refractivity contribution in [2.24, 2.45) is 0 Å². The van der Waals surface area contributed by atoms with Gasteiger partial charge in [-0.3, -0.25) is 9.78 Å². The molecule has 0 unspecified atom stereocenters. The van der Waals surface area contributed by atoms with Crippen molar-refractivity contribution in [2.75, 3.05) is 11.8 Å². The van der Waals surface area contributed by atoms with Gasteiger partial charge < -0.3 is 5.32 Å². The molecule has 100 valence electrons. The maximum atomic E-state index is 12.3. The van der Waals surface area contributed by atoms with Crippen LogP contribution in [0.3, 0.4) is 0 Å². The van der Waals surface area contributed by atoms with E-state index in [-0.39, 0.29) is 17.7 Å². The Balaban J connectivity index is 2.37. The van der Waals surface area contributed by atoms with E-state index in [4.69, 9.17) is 23.2 Å². The Labute approximate surface area is 121 Å². The van der Waals surface area contributed by atoms with Crippen LogP contribution in [0, 0.1) is 0 Å². The van der Waals surface area contributed by atoms with Gasteiger partial charge in [-0.25, -0.2) is 0 Å². The average molecular weight is 297 g/mol. The lowest BCUT2D eigenvalue weighted by atomic mass is 10.1. The number of benzene rings is 1. The Hall–Kier alpha value is -1.32. The molecule has 3 nitrogen and oxygen atoms in total. The molecule has 1 heterocycles. The van der Waals surface area contributed by atoms with Crippen LogP contribution in [-0.2, 0) is 0 Å². The van der Waals surface area contributed by atoms with Crippen LogP contribution in [0.5, 0.6) is 0 Å². The van der Waals surface area contributed by atoms with Crippen LogP contribution in [-0.4, -0.2) is 28.2 Å². The van der Waals surface area contributed by atoms with E-state index in [1.165, 1.54) is 0 Å². The smallest absolute Gasteiger partial charge is 0.271 e. The Morgan fingerprint density at radius 2 is 1.95 bits per heavy atom. The topological polar surface area (TPSA) is 42.0 Å². The van der Waals surface area contributed by atoms with Crippen molar-refractivity contribution in [3.63, 3.8) is 0 Å². The van der Waals surface area contributed by atoms with Crippen molar-refractivity contribution < 1.29 is 4.79 Å². The molecule has 19 heavy (non-hydrogen) atoms. The number of carbonyl (C=O) groups is 1. The van der Waals surface area contributed by atoms with Gasteiger partial charge in [0.2, 0.25) is 0 Å². The molecule has 2 rings (SSSR count). The highest BCUT2D eigenvalue weighted by Crippen LogP contribution is 2.17. The number of amides is 1. The van der Waals surface area contributed by atoms with Gasteiger partial charge in [0.15, 0.2) is 0 Å². The molecule has 1 amide bonds. The van der Waals surface area contributed by atoms with E-state index >= 15 is 0 Å². The van der Waals surface area contributed by atoms with Gasteiger partial charge in [-0.2, -0.15) is 0 Å². The van der Waals surface area contributed by atoms with Gasteiger partial charge in [-0.1, -0.05) is 24.3 Å². The third-order valence-electron chi connectivity index (χ3n) is 2.89. The molecule has 0 aliphatic rings. The molecular formula is C14H14Cl2N2O. The third-order valence-corrected chi connectivity index (χ3v) is 4.07. The molecule has 0 spiro atoms. The van der Waals surface area contributed by atoms with E-state index in [1.807, 2.05) is 30.3 Å². The van der Waals surface area contributed by atoms with E-state index < -0.39 is 5.54 Å². The average Bonchev–Trinajstić information content (AvgIpc) is 2.46. The van der Waals surface area contributed by atoms with E-state index in [2.05, 4.69) is 10.3 Å². The molecule has 2 aromatic rings. The van der Waals surface area contributed by atoms with Gasteiger partial charge in [-0.05, 0) is 18.4 Å². The number of carbonyl (C=O) groups excluding carboxylic acids is 1. The van der Waals surface area contributed by atoms with Crippen molar-refractivity contribution in [2.45, 2.75) is 12.5 Å². The quantitative estimate of drug-likeness (QED) is 0.881. The van der Waals surface area contributed by atoms with Gasteiger partial charge in [0.1, 0.15) is 5.69 Å². The predicted molar refractivity (Wildman–Crippen MR) is 79.1 cm³/mol. The number of alkyl halides is 2. The maximum Gasteiger partial charge on any atom is 0.271 e. The molecule has 0 saturated carbocycles. The molecule has 1 aromatic carbocycles. The number of aromatic nitrogens is 1. The molecule has 0 bridgehead atoms. The van der Waals surface area contributed by atoms with Gasteiger partial charge in [0.25, 0.3) is 5.91 Å². The first-order valence-electron chi connectivity index (χ1n) is 5.88. The molecule has 0 saturated heterocycles. The molecule has 5 heteroatoms. The molecule has 0 radical (unpaired) electrons. The van der Waals surface area contributed by atoms with Gasteiger partial charge in [0, 0.05) is 23.3 Å². The maximum absolute atomic E-state index is 12.3. The fourth-order valence-electron chi connectivity index (χ4n) is 1.74. The Morgan fingerprint density at radius 1 is 1.26 bits per heavy atom. The zero-order valence-corrected chi connectivity index (χ0v) is 12.0. The Kier molecular flexibility index (Phi) is 4.27. The second-order valence-electron chi connectivity index (χ2n) is 4.66. The number of pyridine rings is 1. The van der Waals surface area contributed by atoms with E-state index in [9.17, 15) is 4.79 Å². The van der Waals surface area contributed by atoms with Gasteiger partial charge >= 0.3 is 0 Å². The lowest BCUT2D eigenvalue weighted by molar-refractivity contribution is 0.0918. The zero-order chi connectivity index (χ0) is 13.9. The summed E-state index contributed by atoms with van der Waals surface area (Å²) >= 11 is 11.7. The van der Waals surface area contributed by atoms with Gasteiger partial charge in [0.05, 0.1) is 5.54 Å². The van der Waals surface area contributed by atoms with Crippen molar-refractivity contribution >= 4 is 39.9 Å². The molecule has 0 atom stereocenters. The fraction of sp³-hybridized carbons (Fsp3) is 0.286. The molecule has 0 aliphatic carbocycles. The number of halogens is 2. The van der Waals surface area contributed by atoms with Crippen molar-refractivity contribution in [1.29, 1.82) is 0 Å². The SMILES string of the molecule is CC(CCl)(CCl)NC(=O)c1nccc2ccccc12. The van der Waals surface area contributed by atoms with E-state index in [0.717, 1.165) is 10.8 Å². The van der Waals surface area contributed by atoms with Crippen molar-refractivity contribution in [1.82, 2.24) is 10.3 Å². The van der Waals surface area contributed by atoms with Crippen LogP contribution in [0.2, 0.25) is 0 Å². The number of rotatable bonds is 4. The first-order valence-corrected chi connectivity index (χ1v) is 6.95. The summed E-state index contributed by atoms with van der Waals surface area (Å²) in [5.41, 5.74) is -0.252. The van der Waals surface area contributed by atoms with Crippen LogP contribution >= 0.6 is 23.2 Å². The molecule has 1 aromatic heterocycles. The fourth-order valence-corrected chi connectivity index (χ4v) is 2.16. The lowest BCUT2D eigenvalue weighted by Crippen LogP contribution is -2.49. The summed E-state index contributed by atoms with van der Waals surface area (Å²) in [6, 6.07) is 9.48. The molecular weight excluding hydrogens is 283 g/mol. The predicted octanol–water partition coefficient (Wildman–Crippen LogP) is 3.20. The minimum atomic E-state index is -0.640. The summed E-state index contributed by atoms with van der Waals surface area (Å²) in [5, 5.41) is 4.62. The number of hydrogen-bond acceptors (Lipinski definition) is 2. The number of fused-ring (bicyclic) bond motifs is 1. The van der Waals surface area contributed by atoms with Crippen LogP contribution in [0.4, 0.5) is 0 Å². The van der Waals surface area contributed by atoms with Crippen LogP contribution in [0.1, 0.15) is 17.4 Å². The van der Waals surface area contributed by atoms with E-state index in [0.29, 0.717) is 5.69 Å². The molecule has 1 N–H and O–H groups in total. The van der Waals surface area contributed by atoms with Gasteiger partial charge in [-0.15, -0.1) is 23.2 Å². The summed E-state index contributed by atoms with van der Waals surface area (Å²) in [4.78, 5) is 16.5. The Morgan fingerprint density at radius 3 is 2.63 bits per heavy atom. The summed E-state index contributed by atoms with van der Waals surface area (Å²) in [7, 11) is 0. The van der Waals surface area contributed by atoms with Crippen LogP contribution < -0.4 is 5.32 Å². The number of nitrogens with zero attached hydrogens (tertiary/aromatic N) is 1. The second-order valence-corrected chi connectivity index (χ2v) is 5.20. The van der Waals surface area contributed by atoms with Crippen LogP contribution in [0.15, 0.2) is 36.5 Å². The molecule has 0 fully saturated rings. The van der Waals surface area contributed by atoms with Crippen molar-refractivity contribution in [3.05, 3.63) is 42.2 Å². The molecule has 0 aliphatic heterocycles. The number of nitrogens with one attached hydrogen (secondary N) is 1. The Bertz CT molecular complexity index is 592. The summed E-state index contributed by atoms with van der Waals surface area (Å²) in [5.74, 6) is 0.223. The van der Waals surface area contributed by atoms with E-state index in [1.54, 1.807) is 13.1 Å². The number of hydrogen-bond donors (Lipinski definition) is 1. The largest absolute Gasteiger partial charge is 0.343 e. The highest BCUT2D eigenvalue weighted by Gasteiger charge is 2.26. The summed E-state index contributed by atoms with van der Waals surface area (Å²) in [6.45, 7) is 1.80. The monoisotopic (exact) mass is 296 g/mol. The highest BCUT2D eigenvalue weighted by atomic mass is 35.5. The lowest BCUT2D eigenvalue weighted by Gasteiger charge is -2.25. The first-order chi connectivity index (χ1) is 9.09. The summed E-state index contributed by atoms with van der Waals surface area (Å²) in [6.07, 6.45) is 1.62. The van der Waals surface area contributed by atoms with Crippen molar-refractivity contribution in [3.8, 4) is 0 Å². The summed E-state index contributed by atoms with van der Waals surface area (Å²) < 4.78 is 0. The minimum Gasteiger partial charge on any atom is -0.343 e. The standard InChI is InChI=1S/C14H14Cl2N2O/c1-14(8-15,9-16)18-13(19)12-11-5-3-2-4-10(11)6-7-17-12/h2-7H,8-9H2,1H3,(H,18,19). The van der Waals surface area contributed by atoms with Crippen LogP contribution in [0.25, 0.3) is 10.8 Å². The second kappa shape index (κ2) is 5.76. The zero-order valence-electron chi connectivity index (χ0n) is 10.5. The highest BCUT2D eigenvalue weighted by molar-refractivity contribution is 6.22. The minimum absolute atomic E-state index is 0.243. The third kappa shape index (κ3) is 2.99. The normalized spacial score (nSPS) is 11.5. The first kappa shape index (κ1) is 14.1.